The number of benzene rings is 4. The van der Waals surface area contributed by atoms with Crippen molar-refractivity contribution >= 4 is 49.7 Å². The molecule has 0 saturated carbocycles. The standard InChI is InChI=1S/C28H22BrN3O6S/c1-37-24-14-9-20(10-15-24)28(34)38-26-16-11-22(29)17-21(26)18-30-31-27(33)19-7-12-23(13-8-19)32-39(35,36)25-5-3-2-4-6-25/h2-18,32H,1H3,(H,31,33)/b30-18-. The summed E-state index contributed by atoms with van der Waals surface area (Å²) in [4.78, 5) is 25.3. The first-order valence-corrected chi connectivity index (χ1v) is 13.7. The van der Waals surface area contributed by atoms with Crippen LogP contribution in [-0.2, 0) is 10.0 Å². The molecule has 0 heterocycles. The summed E-state index contributed by atoms with van der Waals surface area (Å²) in [5.41, 5.74) is 3.75. The van der Waals surface area contributed by atoms with Gasteiger partial charge in [-0.2, -0.15) is 5.10 Å². The Morgan fingerprint density at radius 2 is 1.54 bits per heavy atom. The molecule has 0 unspecified atom stereocenters. The van der Waals surface area contributed by atoms with E-state index in [1.165, 1.54) is 49.7 Å². The molecule has 11 heteroatoms. The Kier molecular flexibility index (Phi) is 8.74. The minimum atomic E-state index is -3.75. The molecule has 4 rings (SSSR count). The summed E-state index contributed by atoms with van der Waals surface area (Å²) in [6.07, 6.45) is 1.35. The van der Waals surface area contributed by atoms with E-state index in [-0.39, 0.29) is 16.2 Å². The van der Waals surface area contributed by atoms with Gasteiger partial charge in [0.15, 0.2) is 0 Å². The predicted octanol–water partition coefficient (Wildman–Crippen LogP) is 5.24. The zero-order valence-electron chi connectivity index (χ0n) is 20.5. The third kappa shape index (κ3) is 7.30. The first kappa shape index (κ1) is 27.6. The van der Waals surface area contributed by atoms with E-state index in [0.29, 0.717) is 27.0 Å². The number of rotatable bonds is 9. The van der Waals surface area contributed by atoms with Crippen molar-refractivity contribution in [2.45, 2.75) is 4.90 Å². The lowest BCUT2D eigenvalue weighted by atomic mass is 10.2. The second kappa shape index (κ2) is 12.4. The van der Waals surface area contributed by atoms with Crippen LogP contribution in [-0.4, -0.2) is 33.6 Å². The number of carbonyl (C=O) groups is 2. The lowest BCUT2D eigenvalue weighted by Gasteiger charge is -2.09. The van der Waals surface area contributed by atoms with Crippen molar-refractivity contribution in [1.82, 2.24) is 5.43 Å². The van der Waals surface area contributed by atoms with E-state index in [4.69, 9.17) is 9.47 Å². The highest BCUT2D eigenvalue weighted by Gasteiger charge is 2.14. The summed E-state index contributed by atoms with van der Waals surface area (Å²) in [7, 11) is -2.21. The number of halogens is 1. The van der Waals surface area contributed by atoms with E-state index >= 15 is 0 Å². The summed E-state index contributed by atoms with van der Waals surface area (Å²) >= 11 is 3.37. The molecule has 39 heavy (non-hydrogen) atoms. The molecule has 198 valence electrons. The maximum Gasteiger partial charge on any atom is 0.343 e. The second-order valence-electron chi connectivity index (χ2n) is 8.00. The van der Waals surface area contributed by atoms with Crippen molar-refractivity contribution in [3.63, 3.8) is 0 Å². The highest BCUT2D eigenvalue weighted by atomic mass is 79.9. The topological polar surface area (TPSA) is 123 Å². The fraction of sp³-hybridized carbons (Fsp3) is 0.0357. The van der Waals surface area contributed by atoms with E-state index in [1.807, 2.05) is 0 Å². The minimum Gasteiger partial charge on any atom is -0.497 e. The van der Waals surface area contributed by atoms with Gasteiger partial charge in [-0.15, -0.1) is 0 Å². The average molecular weight is 608 g/mol. The van der Waals surface area contributed by atoms with Crippen LogP contribution in [0, 0.1) is 0 Å². The number of hydrazone groups is 1. The van der Waals surface area contributed by atoms with Crippen molar-refractivity contribution in [3.05, 3.63) is 118 Å². The third-order valence-electron chi connectivity index (χ3n) is 5.32. The van der Waals surface area contributed by atoms with E-state index in [1.54, 1.807) is 60.7 Å². The lowest BCUT2D eigenvalue weighted by Crippen LogP contribution is -2.18. The summed E-state index contributed by atoms with van der Waals surface area (Å²) in [5.74, 6) is -0.230. The van der Waals surface area contributed by atoms with Gasteiger partial charge in [-0.25, -0.2) is 18.6 Å². The van der Waals surface area contributed by atoms with Gasteiger partial charge in [0.2, 0.25) is 0 Å². The van der Waals surface area contributed by atoms with Crippen LogP contribution in [0.5, 0.6) is 11.5 Å². The molecule has 0 fully saturated rings. The van der Waals surface area contributed by atoms with Gasteiger partial charge in [0, 0.05) is 21.3 Å². The van der Waals surface area contributed by atoms with Crippen molar-refractivity contribution in [2.75, 3.05) is 11.8 Å². The molecule has 0 spiro atoms. The molecule has 4 aromatic rings. The Morgan fingerprint density at radius 3 is 2.21 bits per heavy atom. The first-order chi connectivity index (χ1) is 18.7. The average Bonchev–Trinajstić information content (AvgIpc) is 2.95. The normalized spacial score (nSPS) is 11.1. The molecule has 0 bridgehead atoms. The number of nitrogens with zero attached hydrogens (tertiary/aromatic N) is 1. The van der Waals surface area contributed by atoms with Crippen molar-refractivity contribution in [3.8, 4) is 11.5 Å². The Labute approximate surface area is 233 Å². The van der Waals surface area contributed by atoms with Crippen LogP contribution in [0.4, 0.5) is 5.69 Å². The van der Waals surface area contributed by atoms with Crippen LogP contribution in [0.25, 0.3) is 0 Å². The number of sulfonamides is 1. The molecule has 0 aliphatic heterocycles. The molecule has 0 aromatic heterocycles. The quantitative estimate of drug-likeness (QED) is 0.116. The van der Waals surface area contributed by atoms with Crippen LogP contribution in [0.15, 0.2) is 112 Å². The summed E-state index contributed by atoms with van der Waals surface area (Å²) < 4.78 is 38.8. The monoisotopic (exact) mass is 607 g/mol. The molecule has 0 atom stereocenters. The Balaban J connectivity index is 1.40. The van der Waals surface area contributed by atoms with Crippen LogP contribution in [0.3, 0.4) is 0 Å². The van der Waals surface area contributed by atoms with Crippen LogP contribution in [0.1, 0.15) is 26.3 Å². The third-order valence-corrected chi connectivity index (χ3v) is 7.21. The van der Waals surface area contributed by atoms with Gasteiger partial charge in [-0.05, 0) is 78.9 Å². The van der Waals surface area contributed by atoms with E-state index in [0.717, 1.165) is 0 Å². The molecule has 0 aliphatic rings. The van der Waals surface area contributed by atoms with Crippen molar-refractivity contribution < 1.29 is 27.5 Å². The zero-order chi connectivity index (χ0) is 27.8. The predicted molar refractivity (Wildman–Crippen MR) is 151 cm³/mol. The van der Waals surface area contributed by atoms with E-state index < -0.39 is 21.9 Å². The molecular weight excluding hydrogens is 586 g/mol. The maximum atomic E-state index is 12.6. The molecule has 4 aromatic carbocycles. The number of nitrogens with one attached hydrogen (secondary N) is 2. The molecular formula is C28H22BrN3O6S. The number of hydrogen-bond acceptors (Lipinski definition) is 7. The highest BCUT2D eigenvalue weighted by molar-refractivity contribution is 9.10. The highest BCUT2D eigenvalue weighted by Crippen LogP contribution is 2.23. The summed E-state index contributed by atoms with van der Waals surface area (Å²) in [6, 6.07) is 25.3. The van der Waals surface area contributed by atoms with E-state index in [2.05, 4.69) is 31.2 Å². The summed E-state index contributed by atoms with van der Waals surface area (Å²) in [6.45, 7) is 0. The van der Waals surface area contributed by atoms with E-state index in [9.17, 15) is 18.0 Å². The number of ether oxygens (including phenoxy) is 2. The molecule has 1 amide bonds. The second-order valence-corrected chi connectivity index (χ2v) is 10.6. The SMILES string of the molecule is COc1ccc(C(=O)Oc2ccc(Br)cc2/C=N\NC(=O)c2ccc(NS(=O)(=O)c3ccccc3)cc2)cc1. The number of hydrogen-bond donors (Lipinski definition) is 2. The van der Waals surface area contributed by atoms with Crippen LogP contribution in [0.2, 0.25) is 0 Å². The van der Waals surface area contributed by atoms with Gasteiger partial charge in [-0.3, -0.25) is 9.52 Å². The maximum absolute atomic E-state index is 12.6. The number of esters is 1. The summed E-state index contributed by atoms with van der Waals surface area (Å²) in [5, 5.41) is 3.98. The van der Waals surface area contributed by atoms with Gasteiger partial charge in [0.05, 0.1) is 23.8 Å². The lowest BCUT2D eigenvalue weighted by molar-refractivity contribution is 0.0734. The van der Waals surface area contributed by atoms with Gasteiger partial charge in [0.25, 0.3) is 15.9 Å². The Hall–Kier alpha value is -4.48. The molecule has 2 N–H and O–H groups in total. The largest absolute Gasteiger partial charge is 0.497 e. The fourth-order valence-corrected chi connectivity index (χ4v) is 4.79. The van der Waals surface area contributed by atoms with Crippen LogP contribution >= 0.6 is 15.9 Å². The first-order valence-electron chi connectivity index (χ1n) is 11.4. The zero-order valence-corrected chi connectivity index (χ0v) is 22.9. The number of anilines is 1. The molecule has 0 saturated heterocycles. The molecule has 0 aliphatic carbocycles. The van der Waals surface area contributed by atoms with Crippen molar-refractivity contribution in [2.24, 2.45) is 5.10 Å². The molecule has 9 nitrogen and oxygen atoms in total. The van der Waals surface area contributed by atoms with Gasteiger partial charge in [0.1, 0.15) is 11.5 Å². The van der Waals surface area contributed by atoms with Gasteiger partial charge >= 0.3 is 5.97 Å². The van der Waals surface area contributed by atoms with Gasteiger partial charge < -0.3 is 9.47 Å². The fourth-order valence-electron chi connectivity index (χ4n) is 3.33. The van der Waals surface area contributed by atoms with Crippen molar-refractivity contribution in [1.29, 1.82) is 0 Å². The Bertz CT molecular complexity index is 1610. The molecule has 0 radical (unpaired) electrons. The smallest absolute Gasteiger partial charge is 0.343 e. The minimum absolute atomic E-state index is 0.128. The number of carbonyl (C=O) groups excluding carboxylic acids is 2. The number of amides is 1. The van der Waals surface area contributed by atoms with Gasteiger partial charge in [-0.1, -0.05) is 34.1 Å². The van der Waals surface area contributed by atoms with Crippen LogP contribution < -0.4 is 19.6 Å². The number of methoxy groups -OCH3 is 1. The Morgan fingerprint density at radius 1 is 0.872 bits per heavy atom.